The fourth-order valence-electron chi connectivity index (χ4n) is 4.78. The van der Waals surface area contributed by atoms with Gasteiger partial charge in [-0.15, -0.1) is 0 Å². The Morgan fingerprint density at radius 3 is 2.55 bits per heavy atom. The number of hydrogen-bond acceptors (Lipinski definition) is 8. The van der Waals surface area contributed by atoms with Gasteiger partial charge in [0.2, 0.25) is 0 Å². The maximum Gasteiger partial charge on any atom is 0.265 e. The molecule has 1 aromatic carbocycles. The zero-order chi connectivity index (χ0) is 27.2. The van der Waals surface area contributed by atoms with Crippen LogP contribution in [-0.4, -0.2) is 60.8 Å². The molecule has 5 rings (SSSR count). The second kappa shape index (κ2) is 9.76. The van der Waals surface area contributed by atoms with Crippen molar-refractivity contribution in [2.75, 3.05) is 23.7 Å². The SMILES string of the molecule is Nc1ncnc2c1ncn2Cc1cc(-c2cc(F)c(F)cc2F)ncc1N1CCCC(N)([C@H](O)C(F)F)C1. The minimum absolute atomic E-state index is 0.0161. The minimum Gasteiger partial charge on any atom is -0.385 e. The van der Waals surface area contributed by atoms with E-state index in [1.54, 1.807) is 9.47 Å². The van der Waals surface area contributed by atoms with Crippen molar-refractivity contribution in [3.63, 3.8) is 0 Å². The highest BCUT2D eigenvalue weighted by molar-refractivity contribution is 5.81. The van der Waals surface area contributed by atoms with E-state index in [2.05, 4.69) is 19.9 Å². The number of aliphatic hydroxyl groups is 1. The van der Waals surface area contributed by atoms with Gasteiger partial charge in [0.1, 0.15) is 23.8 Å². The maximum absolute atomic E-state index is 14.6. The van der Waals surface area contributed by atoms with Crippen LogP contribution in [-0.2, 0) is 6.54 Å². The normalized spacial score (nSPS) is 18.9. The van der Waals surface area contributed by atoms with Crippen LogP contribution in [0.1, 0.15) is 18.4 Å². The number of nitrogens with two attached hydrogens (primary N) is 2. The minimum atomic E-state index is -3.03. The lowest BCUT2D eigenvalue weighted by molar-refractivity contribution is -0.0529. The van der Waals surface area contributed by atoms with Crippen molar-refractivity contribution in [1.29, 1.82) is 0 Å². The lowest BCUT2D eigenvalue weighted by Crippen LogP contribution is -2.63. The van der Waals surface area contributed by atoms with Crippen LogP contribution < -0.4 is 16.4 Å². The van der Waals surface area contributed by atoms with Crippen molar-refractivity contribution >= 4 is 22.7 Å². The first-order chi connectivity index (χ1) is 18.1. The molecule has 0 bridgehead atoms. The number of imidazole rings is 1. The molecule has 0 saturated carbocycles. The first-order valence-corrected chi connectivity index (χ1v) is 11.6. The van der Waals surface area contributed by atoms with Crippen molar-refractivity contribution in [3.8, 4) is 11.3 Å². The predicted molar refractivity (Wildman–Crippen MR) is 129 cm³/mol. The van der Waals surface area contributed by atoms with E-state index >= 15 is 0 Å². The summed E-state index contributed by atoms with van der Waals surface area (Å²) in [5.41, 5.74) is 12.0. The topological polar surface area (TPSA) is 132 Å². The predicted octanol–water partition coefficient (Wildman–Crippen LogP) is 2.86. The average molecular weight is 534 g/mol. The van der Waals surface area contributed by atoms with Crippen LogP contribution in [0.3, 0.4) is 0 Å². The van der Waals surface area contributed by atoms with Crippen molar-refractivity contribution in [3.05, 3.63) is 60.1 Å². The number of nitrogen functional groups attached to an aromatic ring is 1. The molecule has 4 aromatic rings. The summed E-state index contributed by atoms with van der Waals surface area (Å²) in [6.45, 7) is 0.405. The molecule has 14 heteroatoms. The largest absolute Gasteiger partial charge is 0.385 e. The Kier molecular flexibility index (Phi) is 6.61. The molecule has 3 aromatic heterocycles. The number of pyridine rings is 1. The molecule has 38 heavy (non-hydrogen) atoms. The first kappa shape index (κ1) is 25.7. The van der Waals surface area contributed by atoms with E-state index in [9.17, 15) is 27.1 Å². The fourth-order valence-corrected chi connectivity index (χ4v) is 4.78. The number of rotatable bonds is 6. The molecular weight excluding hydrogens is 511 g/mol. The van der Waals surface area contributed by atoms with Gasteiger partial charge in [-0.2, -0.15) is 0 Å². The van der Waals surface area contributed by atoms with Crippen molar-refractivity contribution in [1.82, 2.24) is 24.5 Å². The Labute approximate surface area is 213 Å². The first-order valence-electron chi connectivity index (χ1n) is 11.6. The van der Waals surface area contributed by atoms with Gasteiger partial charge in [0.25, 0.3) is 6.43 Å². The van der Waals surface area contributed by atoms with E-state index in [0.717, 1.165) is 0 Å². The number of halogens is 5. The molecule has 4 heterocycles. The summed E-state index contributed by atoms with van der Waals surface area (Å²) in [5.74, 6) is -3.43. The van der Waals surface area contributed by atoms with Gasteiger partial charge < -0.3 is 26.0 Å². The summed E-state index contributed by atoms with van der Waals surface area (Å²) < 4.78 is 70.4. The van der Waals surface area contributed by atoms with Gasteiger partial charge in [-0.05, 0) is 30.5 Å². The van der Waals surface area contributed by atoms with E-state index in [4.69, 9.17) is 11.5 Å². The lowest BCUT2D eigenvalue weighted by Gasteiger charge is -2.44. The summed E-state index contributed by atoms with van der Waals surface area (Å²) >= 11 is 0. The van der Waals surface area contributed by atoms with Gasteiger partial charge in [0, 0.05) is 24.7 Å². The lowest BCUT2D eigenvalue weighted by atomic mass is 9.84. The summed E-state index contributed by atoms with van der Waals surface area (Å²) in [6, 6.07) is 2.63. The van der Waals surface area contributed by atoms with E-state index < -0.39 is 35.5 Å². The molecule has 9 nitrogen and oxygen atoms in total. The van der Waals surface area contributed by atoms with Gasteiger partial charge in [-0.1, -0.05) is 0 Å². The third kappa shape index (κ3) is 4.60. The summed E-state index contributed by atoms with van der Waals surface area (Å²) in [4.78, 5) is 18.3. The molecule has 0 amide bonds. The number of aromatic nitrogens is 5. The van der Waals surface area contributed by atoms with Gasteiger partial charge in [-0.25, -0.2) is 36.9 Å². The number of hydrogen-bond donors (Lipinski definition) is 3. The zero-order valence-corrected chi connectivity index (χ0v) is 19.8. The monoisotopic (exact) mass is 534 g/mol. The average Bonchev–Trinajstić information content (AvgIpc) is 3.29. The van der Waals surface area contributed by atoms with Crippen LogP contribution in [0.15, 0.2) is 37.1 Å². The number of nitrogens with zero attached hydrogens (tertiary/aromatic N) is 6. The number of alkyl halides is 2. The van der Waals surface area contributed by atoms with E-state index in [1.807, 2.05) is 0 Å². The molecule has 5 N–H and O–H groups in total. The summed E-state index contributed by atoms with van der Waals surface area (Å²) in [6.07, 6.45) is -0.358. The number of benzene rings is 1. The quantitative estimate of drug-likeness (QED) is 0.254. The number of fused-ring (bicyclic) bond motifs is 1. The Morgan fingerprint density at radius 2 is 1.79 bits per heavy atom. The molecule has 1 unspecified atom stereocenters. The van der Waals surface area contributed by atoms with Crippen LogP contribution in [0.25, 0.3) is 22.4 Å². The number of aliphatic hydroxyl groups excluding tert-OH is 1. The smallest absolute Gasteiger partial charge is 0.265 e. The standard InChI is InChI=1S/C24H23F5N8O/c25-14-6-16(27)15(26)5-13(14)17-4-12(8-37-11-35-19-22(30)33-10-34-23(19)37)18(7-32-17)36-3-1-2-24(31,9-36)20(38)21(28)29/h4-7,10-11,20-21,38H,1-3,8-9,31H2,(H2,30,33,34)/t20-,24?/m1/s1. The maximum atomic E-state index is 14.6. The molecule has 1 fully saturated rings. The summed E-state index contributed by atoms with van der Waals surface area (Å²) in [7, 11) is 0. The Balaban J connectivity index is 1.60. The number of piperidine rings is 1. The number of anilines is 2. The van der Waals surface area contributed by atoms with Crippen LogP contribution >= 0.6 is 0 Å². The van der Waals surface area contributed by atoms with Crippen molar-refractivity contribution in [2.24, 2.45) is 5.73 Å². The fraction of sp³-hybridized carbons (Fsp3) is 0.333. The van der Waals surface area contributed by atoms with Crippen LogP contribution in [0.2, 0.25) is 0 Å². The molecule has 1 saturated heterocycles. The van der Waals surface area contributed by atoms with Crippen LogP contribution in [0.4, 0.5) is 33.5 Å². The molecule has 1 aliphatic heterocycles. The molecule has 0 spiro atoms. The zero-order valence-electron chi connectivity index (χ0n) is 19.8. The van der Waals surface area contributed by atoms with Gasteiger partial charge >= 0.3 is 0 Å². The van der Waals surface area contributed by atoms with Gasteiger partial charge in [-0.3, -0.25) is 4.98 Å². The second-order valence-electron chi connectivity index (χ2n) is 9.29. The molecule has 1 aliphatic rings. The molecular formula is C24H23F5N8O. The van der Waals surface area contributed by atoms with E-state index in [-0.39, 0.29) is 36.6 Å². The Morgan fingerprint density at radius 1 is 1.03 bits per heavy atom. The Bertz CT molecular complexity index is 1500. The molecule has 0 radical (unpaired) electrons. The van der Waals surface area contributed by atoms with Crippen molar-refractivity contribution < 1.29 is 27.1 Å². The molecule has 200 valence electrons. The second-order valence-corrected chi connectivity index (χ2v) is 9.29. The van der Waals surface area contributed by atoms with E-state index in [1.165, 1.54) is 24.9 Å². The third-order valence-corrected chi connectivity index (χ3v) is 6.75. The third-order valence-electron chi connectivity index (χ3n) is 6.75. The summed E-state index contributed by atoms with van der Waals surface area (Å²) in [5, 5.41) is 10.1. The van der Waals surface area contributed by atoms with Gasteiger partial charge in [0.05, 0.1) is 36.0 Å². The molecule has 0 aliphatic carbocycles. The highest BCUT2D eigenvalue weighted by Crippen LogP contribution is 2.34. The highest BCUT2D eigenvalue weighted by Gasteiger charge is 2.43. The van der Waals surface area contributed by atoms with Crippen LogP contribution in [0.5, 0.6) is 0 Å². The van der Waals surface area contributed by atoms with E-state index in [0.29, 0.717) is 47.5 Å². The van der Waals surface area contributed by atoms with Crippen molar-refractivity contribution in [2.45, 2.75) is 37.5 Å². The van der Waals surface area contributed by atoms with Crippen LogP contribution in [0, 0.1) is 17.5 Å². The van der Waals surface area contributed by atoms with Gasteiger partial charge in [0.15, 0.2) is 23.1 Å². The highest BCUT2D eigenvalue weighted by atomic mass is 19.3. The molecule has 2 atom stereocenters. The Hall–Kier alpha value is -3.91.